The van der Waals surface area contributed by atoms with Crippen LogP contribution in [0.5, 0.6) is 0 Å². The summed E-state index contributed by atoms with van der Waals surface area (Å²) in [6.07, 6.45) is 5.69. The molecule has 2 heterocycles. The van der Waals surface area contributed by atoms with Crippen molar-refractivity contribution >= 4 is 11.0 Å². The molecule has 0 radical (unpaired) electrons. The van der Waals surface area contributed by atoms with Crippen LogP contribution >= 0.6 is 0 Å². The van der Waals surface area contributed by atoms with Crippen LogP contribution in [0, 0.1) is 0 Å². The number of rotatable bonds is 6. The molecule has 0 amide bonds. The lowest BCUT2D eigenvalue weighted by molar-refractivity contribution is 0.427. The van der Waals surface area contributed by atoms with Gasteiger partial charge in [0.1, 0.15) is 11.3 Å². The lowest BCUT2D eigenvalue weighted by Gasteiger charge is -2.16. The number of pyridine rings is 1. The molecule has 2 aromatic heterocycles. The SMILES string of the molecule is CCCNC(Cc1ccncc1)c1cc2ccccc2o1. The molecule has 0 spiro atoms. The Hall–Kier alpha value is -2.13. The monoisotopic (exact) mass is 280 g/mol. The summed E-state index contributed by atoms with van der Waals surface area (Å²) in [5.41, 5.74) is 2.21. The Morgan fingerprint density at radius 3 is 2.71 bits per heavy atom. The maximum atomic E-state index is 6.02. The van der Waals surface area contributed by atoms with E-state index >= 15 is 0 Å². The molecule has 0 fully saturated rings. The van der Waals surface area contributed by atoms with Gasteiger partial charge in [-0.1, -0.05) is 25.1 Å². The van der Waals surface area contributed by atoms with Crippen LogP contribution < -0.4 is 5.32 Å². The summed E-state index contributed by atoms with van der Waals surface area (Å²) in [7, 11) is 0. The molecule has 0 aliphatic heterocycles. The number of furan rings is 1. The van der Waals surface area contributed by atoms with Crippen LogP contribution in [-0.2, 0) is 6.42 Å². The van der Waals surface area contributed by atoms with Gasteiger partial charge in [-0.05, 0) is 49.2 Å². The third kappa shape index (κ3) is 3.31. The average molecular weight is 280 g/mol. The number of hydrogen-bond donors (Lipinski definition) is 1. The smallest absolute Gasteiger partial charge is 0.134 e. The van der Waals surface area contributed by atoms with Crippen LogP contribution in [0.15, 0.2) is 59.3 Å². The second-order valence-corrected chi connectivity index (χ2v) is 5.25. The highest BCUT2D eigenvalue weighted by atomic mass is 16.3. The second-order valence-electron chi connectivity index (χ2n) is 5.25. The van der Waals surface area contributed by atoms with Gasteiger partial charge in [-0.2, -0.15) is 0 Å². The van der Waals surface area contributed by atoms with Gasteiger partial charge in [0.05, 0.1) is 6.04 Å². The van der Waals surface area contributed by atoms with Gasteiger partial charge in [0, 0.05) is 17.8 Å². The Bertz CT molecular complexity index is 658. The van der Waals surface area contributed by atoms with Crippen LogP contribution in [0.4, 0.5) is 0 Å². The molecule has 0 saturated carbocycles. The normalized spacial score (nSPS) is 12.6. The largest absolute Gasteiger partial charge is 0.459 e. The predicted octanol–water partition coefficient (Wildman–Crippen LogP) is 4.11. The van der Waals surface area contributed by atoms with E-state index in [4.69, 9.17) is 4.42 Å². The van der Waals surface area contributed by atoms with Crippen molar-refractivity contribution in [2.24, 2.45) is 0 Å². The van der Waals surface area contributed by atoms with Gasteiger partial charge >= 0.3 is 0 Å². The van der Waals surface area contributed by atoms with E-state index < -0.39 is 0 Å². The molecule has 1 N–H and O–H groups in total. The molecule has 1 atom stereocenters. The fourth-order valence-electron chi connectivity index (χ4n) is 2.52. The van der Waals surface area contributed by atoms with Crippen molar-refractivity contribution in [3.05, 3.63) is 66.2 Å². The summed E-state index contributed by atoms with van der Waals surface area (Å²) < 4.78 is 6.02. The van der Waals surface area contributed by atoms with Crippen molar-refractivity contribution < 1.29 is 4.42 Å². The first-order valence-corrected chi connectivity index (χ1v) is 7.47. The molecule has 3 aromatic rings. The first-order valence-electron chi connectivity index (χ1n) is 7.47. The minimum absolute atomic E-state index is 0.194. The Balaban J connectivity index is 1.87. The molecule has 0 saturated heterocycles. The molecular weight excluding hydrogens is 260 g/mol. The number of benzene rings is 1. The van der Waals surface area contributed by atoms with E-state index in [1.54, 1.807) is 0 Å². The Labute approximate surface area is 125 Å². The van der Waals surface area contributed by atoms with Crippen LogP contribution in [0.1, 0.15) is 30.7 Å². The van der Waals surface area contributed by atoms with Crippen molar-refractivity contribution in [2.45, 2.75) is 25.8 Å². The third-order valence-corrected chi connectivity index (χ3v) is 3.62. The third-order valence-electron chi connectivity index (χ3n) is 3.62. The lowest BCUT2D eigenvalue weighted by Crippen LogP contribution is -2.23. The number of para-hydroxylation sites is 1. The van der Waals surface area contributed by atoms with E-state index in [0.29, 0.717) is 0 Å². The van der Waals surface area contributed by atoms with E-state index in [9.17, 15) is 0 Å². The number of nitrogens with one attached hydrogen (secondary N) is 1. The molecule has 1 aromatic carbocycles. The van der Waals surface area contributed by atoms with Gasteiger partial charge in [-0.25, -0.2) is 0 Å². The van der Waals surface area contributed by atoms with Crippen LogP contribution in [-0.4, -0.2) is 11.5 Å². The number of fused-ring (bicyclic) bond motifs is 1. The van der Waals surface area contributed by atoms with Crippen molar-refractivity contribution in [3.8, 4) is 0 Å². The maximum Gasteiger partial charge on any atom is 0.134 e. The summed E-state index contributed by atoms with van der Waals surface area (Å²) in [5.74, 6) is 1.00. The Kier molecular flexibility index (Phi) is 4.31. The standard InChI is InChI=1S/C18H20N2O/c1-2-9-20-16(12-14-7-10-19-11-8-14)18-13-15-5-3-4-6-17(15)21-18/h3-8,10-11,13,16,20H,2,9,12H2,1H3. The molecule has 108 valence electrons. The molecule has 21 heavy (non-hydrogen) atoms. The summed E-state index contributed by atoms with van der Waals surface area (Å²) in [5, 5.41) is 4.74. The quantitative estimate of drug-likeness (QED) is 0.738. The van der Waals surface area contributed by atoms with E-state index in [-0.39, 0.29) is 6.04 Å². The minimum atomic E-state index is 0.194. The number of hydrogen-bond acceptors (Lipinski definition) is 3. The van der Waals surface area contributed by atoms with Gasteiger partial charge in [0.25, 0.3) is 0 Å². The summed E-state index contributed by atoms with van der Waals surface area (Å²) in [6, 6.07) is 14.6. The van der Waals surface area contributed by atoms with E-state index in [2.05, 4.69) is 41.5 Å². The fourth-order valence-corrected chi connectivity index (χ4v) is 2.52. The van der Waals surface area contributed by atoms with Crippen LogP contribution in [0.25, 0.3) is 11.0 Å². The average Bonchev–Trinajstić information content (AvgIpc) is 2.96. The van der Waals surface area contributed by atoms with Crippen LogP contribution in [0.2, 0.25) is 0 Å². The van der Waals surface area contributed by atoms with Gasteiger partial charge < -0.3 is 9.73 Å². The van der Waals surface area contributed by atoms with Gasteiger partial charge in [0.2, 0.25) is 0 Å². The van der Waals surface area contributed by atoms with E-state index in [1.807, 2.05) is 30.6 Å². The van der Waals surface area contributed by atoms with Crippen molar-refractivity contribution in [1.82, 2.24) is 10.3 Å². The molecule has 3 rings (SSSR count). The van der Waals surface area contributed by atoms with Gasteiger partial charge in [-0.3, -0.25) is 4.98 Å². The second kappa shape index (κ2) is 6.55. The topological polar surface area (TPSA) is 38.1 Å². The fraction of sp³-hybridized carbons (Fsp3) is 0.278. The van der Waals surface area contributed by atoms with Crippen molar-refractivity contribution in [1.29, 1.82) is 0 Å². The van der Waals surface area contributed by atoms with Crippen molar-refractivity contribution in [3.63, 3.8) is 0 Å². The first-order chi connectivity index (χ1) is 10.4. The molecule has 1 unspecified atom stereocenters. The molecule has 0 bridgehead atoms. The Morgan fingerprint density at radius 2 is 1.95 bits per heavy atom. The van der Waals surface area contributed by atoms with E-state index in [0.717, 1.165) is 36.1 Å². The summed E-state index contributed by atoms with van der Waals surface area (Å²) in [6.45, 7) is 3.15. The van der Waals surface area contributed by atoms with Crippen molar-refractivity contribution in [2.75, 3.05) is 6.54 Å². The molecule has 0 aliphatic carbocycles. The summed E-state index contributed by atoms with van der Waals surface area (Å²) in [4.78, 5) is 4.08. The molecular formula is C18H20N2O. The predicted molar refractivity (Wildman–Crippen MR) is 85.2 cm³/mol. The zero-order valence-electron chi connectivity index (χ0n) is 12.3. The zero-order chi connectivity index (χ0) is 14.5. The summed E-state index contributed by atoms with van der Waals surface area (Å²) >= 11 is 0. The highest BCUT2D eigenvalue weighted by Crippen LogP contribution is 2.26. The maximum absolute atomic E-state index is 6.02. The molecule has 3 heteroatoms. The molecule has 3 nitrogen and oxygen atoms in total. The highest BCUT2D eigenvalue weighted by molar-refractivity contribution is 5.77. The Morgan fingerprint density at radius 1 is 1.14 bits per heavy atom. The van der Waals surface area contributed by atoms with Gasteiger partial charge in [0.15, 0.2) is 0 Å². The van der Waals surface area contributed by atoms with Crippen LogP contribution in [0.3, 0.4) is 0 Å². The van der Waals surface area contributed by atoms with E-state index in [1.165, 1.54) is 5.56 Å². The number of nitrogens with zero attached hydrogens (tertiary/aromatic N) is 1. The first kappa shape index (κ1) is 13.8. The van der Waals surface area contributed by atoms with Gasteiger partial charge in [-0.15, -0.1) is 0 Å². The zero-order valence-corrected chi connectivity index (χ0v) is 12.3. The number of aromatic nitrogens is 1. The lowest BCUT2D eigenvalue weighted by atomic mass is 10.0. The minimum Gasteiger partial charge on any atom is -0.459 e. The molecule has 0 aliphatic rings. The highest BCUT2D eigenvalue weighted by Gasteiger charge is 2.16.